The molecule has 2 atom stereocenters. The molecular weight excluding hydrogens is 637 g/mol. The van der Waals surface area contributed by atoms with Crippen LogP contribution in [-0.2, 0) is 22.6 Å². The number of carbonyl (C=O) groups is 2. The van der Waals surface area contributed by atoms with E-state index in [1.807, 2.05) is 49.4 Å². The zero-order valence-electron chi connectivity index (χ0n) is 24.6. The second-order valence-electron chi connectivity index (χ2n) is 9.87. The van der Waals surface area contributed by atoms with Gasteiger partial charge in [0.1, 0.15) is 18.4 Å². The third-order valence-corrected chi connectivity index (χ3v) is 7.23. The van der Waals surface area contributed by atoms with Crippen LogP contribution in [0.15, 0.2) is 96.1 Å². The molecule has 0 spiro atoms. The predicted octanol–water partition coefficient (Wildman–Crippen LogP) is 7.27. The summed E-state index contributed by atoms with van der Waals surface area (Å²) in [7, 11) is 0. The van der Waals surface area contributed by atoms with Gasteiger partial charge in [-0.2, -0.15) is 5.10 Å². The number of amides is 2. The van der Waals surface area contributed by atoms with E-state index in [1.54, 1.807) is 49.4 Å². The van der Waals surface area contributed by atoms with E-state index in [4.69, 9.17) is 49.0 Å². The summed E-state index contributed by atoms with van der Waals surface area (Å²) < 4.78 is 17.5. The van der Waals surface area contributed by atoms with E-state index in [0.717, 1.165) is 11.1 Å². The highest BCUT2D eigenvalue weighted by atomic mass is 35.5. The number of benzene rings is 4. The van der Waals surface area contributed by atoms with Crippen molar-refractivity contribution in [2.45, 2.75) is 39.0 Å². The predicted molar refractivity (Wildman–Crippen MR) is 178 cm³/mol. The number of hydrogen-bond donors (Lipinski definition) is 2. The first-order valence-corrected chi connectivity index (χ1v) is 15.3. The van der Waals surface area contributed by atoms with Gasteiger partial charge >= 0.3 is 0 Å². The first-order valence-electron chi connectivity index (χ1n) is 14.1. The normalized spacial score (nSPS) is 12.3. The van der Waals surface area contributed by atoms with Crippen LogP contribution in [0, 0.1) is 0 Å². The van der Waals surface area contributed by atoms with E-state index in [0.29, 0.717) is 46.1 Å². The number of hydrazone groups is 1. The average Bonchev–Trinajstić information content (AvgIpc) is 3.03. The fourth-order valence-electron chi connectivity index (χ4n) is 4.15. The molecule has 0 saturated carbocycles. The van der Waals surface area contributed by atoms with Crippen LogP contribution in [0.2, 0.25) is 15.1 Å². The van der Waals surface area contributed by atoms with E-state index in [1.165, 1.54) is 12.3 Å². The summed E-state index contributed by atoms with van der Waals surface area (Å²) in [5.41, 5.74) is 5.02. The zero-order chi connectivity index (χ0) is 32.2. The molecule has 8 nitrogen and oxygen atoms in total. The SMILES string of the molecule is CCOc1cc(/C=N\NC(=O)[C@H](Cc2ccccc2)NC(=O)[C@H](C)Oc2ccc(Cl)cc2Cl)ccc1OCc1ccc(Cl)cc1. The molecule has 4 rings (SSSR count). The Bertz CT molecular complexity index is 1620. The molecule has 0 fully saturated rings. The van der Waals surface area contributed by atoms with Crippen LogP contribution >= 0.6 is 34.8 Å². The van der Waals surface area contributed by atoms with Crippen LogP contribution in [0.1, 0.15) is 30.5 Å². The van der Waals surface area contributed by atoms with Gasteiger partial charge in [-0.05, 0) is 79.1 Å². The first kappa shape index (κ1) is 33.6. The third-order valence-electron chi connectivity index (χ3n) is 6.45. The molecule has 0 heterocycles. The summed E-state index contributed by atoms with van der Waals surface area (Å²) in [6.45, 7) is 4.21. The molecule has 0 saturated heterocycles. The average molecular weight is 669 g/mol. The third kappa shape index (κ3) is 10.4. The Morgan fingerprint density at radius 3 is 2.22 bits per heavy atom. The smallest absolute Gasteiger partial charge is 0.262 e. The number of carbonyl (C=O) groups excluding carboxylic acids is 2. The zero-order valence-corrected chi connectivity index (χ0v) is 26.9. The summed E-state index contributed by atoms with van der Waals surface area (Å²) in [6, 6.07) is 25.8. The fraction of sp³-hybridized carbons (Fsp3) is 0.206. The van der Waals surface area contributed by atoms with Crippen molar-refractivity contribution >= 4 is 52.8 Å². The number of nitrogens with zero attached hydrogens (tertiary/aromatic N) is 1. The van der Waals surface area contributed by atoms with Crippen molar-refractivity contribution in [3.63, 3.8) is 0 Å². The number of rotatable bonds is 14. The van der Waals surface area contributed by atoms with Gasteiger partial charge < -0.3 is 19.5 Å². The summed E-state index contributed by atoms with van der Waals surface area (Å²) in [4.78, 5) is 26.3. The Labute approximate surface area is 277 Å². The van der Waals surface area contributed by atoms with Crippen molar-refractivity contribution in [3.8, 4) is 17.2 Å². The van der Waals surface area contributed by atoms with Gasteiger partial charge in [-0.15, -0.1) is 0 Å². The number of nitrogens with one attached hydrogen (secondary N) is 2. The molecule has 45 heavy (non-hydrogen) atoms. The maximum absolute atomic E-state index is 13.2. The van der Waals surface area contributed by atoms with Crippen molar-refractivity contribution in [2.75, 3.05) is 6.61 Å². The summed E-state index contributed by atoms with van der Waals surface area (Å²) in [5, 5.41) is 8.26. The summed E-state index contributed by atoms with van der Waals surface area (Å²) >= 11 is 18.1. The van der Waals surface area contributed by atoms with E-state index < -0.39 is 24.0 Å². The van der Waals surface area contributed by atoms with Gasteiger partial charge in [0.2, 0.25) is 0 Å². The molecule has 11 heteroatoms. The van der Waals surface area contributed by atoms with Crippen LogP contribution in [0.3, 0.4) is 0 Å². The van der Waals surface area contributed by atoms with Gasteiger partial charge in [0.15, 0.2) is 17.6 Å². The Hall–Kier alpha value is -4.24. The molecule has 0 radical (unpaired) electrons. The Morgan fingerprint density at radius 2 is 1.51 bits per heavy atom. The molecule has 0 aliphatic carbocycles. The standard InChI is InChI=1S/C34H32Cl3N3O5/c1-3-43-32-18-25(11-15-31(32)44-21-24-9-12-26(35)13-10-24)20-38-40-34(42)29(17-23-7-5-4-6-8-23)39-33(41)22(2)45-30-16-14-27(36)19-28(30)37/h4-16,18-20,22,29H,3,17,21H2,1-2H3,(H,39,41)(H,40,42)/b38-20-/t22-,29-/m0/s1. The topological polar surface area (TPSA) is 98.2 Å². The fourth-order valence-corrected chi connectivity index (χ4v) is 4.72. The second kappa shape index (κ2) is 16.7. The molecule has 234 valence electrons. The molecule has 0 bridgehead atoms. The number of ether oxygens (including phenoxy) is 3. The van der Waals surface area contributed by atoms with Gasteiger partial charge in [0.05, 0.1) is 17.8 Å². The van der Waals surface area contributed by atoms with Crippen LogP contribution in [0.25, 0.3) is 0 Å². The molecule has 2 N–H and O–H groups in total. The minimum Gasteiger partial charge on any atom is -0.490 e. The summed E-state index contributed by atoms with van der Waals surface area (Å²) in [5.74, 6) is 0.385. The molecule has 0 aliphatic rings. The highest BCUT2D eigenvalue weighted by molar-refractivity contribution is 6.35. The Balaban J connectivity index is 1.41. The summed E-state index contributed by atoms with van der Waals surface area (Å²) in [6.07, 6.45) is 0.769. The van der Waals surface area contributed by atoms with E-state index in [2.05, 4.69) is 15.8 Å². The van der Waals surface area contributed by atoms with Crippen molar-refractivity contribution in [1.29, 1.82) is 0 Å². The maximum Gasteiger partial charge on any atom is 0.262 e. The van der Waals surface area contributed by atoms with Crippen molar-refractivity contribution in [2.24, 2.45) is 5.10 Å². The Morgan fingerprint density at radius 1 is 0.800 bits per heavy atom. The van der Waals surface area contributed by atoms with E-state index in [9.17, 15) is 9.59 Å². The van der Waals surface area contributed by atoms with E-state index >= 15 is 0 Å². The van der Waals surface area contributed by atoms with Gasteiger partial charge in [-0.1, -0.05) is 77.3 Å². The van der Waals surface area contributed by atoms with Crippen LogP contribution in [0.4, 0.5) is 0 Å². The highest BCUT2D eigenvalue weighted by Gasteiger charge is 2.25. The molecule has 0 aliphatic heterocycles. The van der Waals surface area contributed by atoms with Gasteiger partial charge in [0, 0.05) is 16.5 Å². The quantitative estimate of drug-likeness (QED) is 0.109. The highest BCUT2D eigenvalue weighted by Crippen LogP contribution is 2.30. The largest absolute Gasteiger partial charge is 0.490 e. The Kier molecular flexibility index (Phi) is 12.5. The number of hydrogen-bond acceptors (Lipinski definition) is 6. The lowest BCUT2D eigenvalue weighted by Crippen LogP contribution is -2.50. The maximum atomic E-state index is 13.2. The van der Waals surface area contributed by atoms with Gasteiger partial charge in [-0.25, -0.2) is 5.43 Å². The van der Waals surface area contributed by atoms with E-state index in [-0.39, 0.29) is 11.4 Å². The monoisotopic (exact) mass is 667 g/mol. The minimum absolute atomic E-state index is 0.233. The van der Waals surface area contributed by atoms with Crippen molar-refractivity contribution in [1.82, 2.24) is 10.7 Å². The molecule has 0 aromatic heterocycles. The van der Waals surface area contributed by atoms with Crippen LogP contribution in [-0.4, -0.2) is 36.8 Å². The number of halogens is 3. The second-order valence-corrected chi connectivity index (χ2v) is 11.2. The van der Waals surface area contributed by atoms with Gasteiger partial charge in [-0.3, -0.25) is 9.59 Å². The molecule has 4 aromatic rings. The van der Waals surface area contributed by atoms with Crippen molar-refractivity contribution in [3.05, 3.63) is 123 Å². The lowest BCUT2D eigenvalue weighted by atomic mass is 10.1. The lowest BCUT2D eigenvalue weighted by molar-refractivity contribution is -0.132. The lowest BCUT2D eigenvalue weighted by Gasteiger charge is -2.21. The minimum atomic E-state index is -0.948. The molecular formula is C34H32Cl3N3O5. The van der Waals surface area contributed by atoms with Crippen LogP contribution in [0.5, 0.6) is 17.2 Å². The molecule has 2 amide bonds. The van der Waals surface area contributed by atoms with Gasteiger partial charge in [0.25, 0.3) is 11.8 Å². The van der Waals surface area contributed by atoms with Crippen LogP contribution < -0.4 is 25.0 Å². The molecule has 0 unspecified atom stereocenters. The van der Waals surface area contributed by atoms with Crippen molar-refractivity contribution < 1.29 is 23.8 Å². The molecule has 4 aromatic carbocycles. The first-order chi connectivity index (χ1) is 21.7.